The van der Waals surface area contributed by atoms with Crippen molar-refractivity contribution in [3.63, 3.8) is 0 Å². The zero-order valence-corrected chi connectivity index (χ0v) is 12.0. The molecule has 6 heteroatoms. The van der Waals surface area contributed by atoms with Gasteiger partial charge in [0.2, 0.25) is 0 Å². The first kappa shape index (κ1) is 14.8. The predicted octanol–water partition coefficient (Wildman–Crippen LogP) is 2.36. The number of rotatable bonds is 6. The van der Waals surface area contributed by atoms with Crippen molar-refractivity contribution in [1.29, 1.82) is 0 Å². The van der Waals surface area contributed by atoms with E-state index in [-0.39, 0.29) is 12.3 Å². The summed E-state index contributed by atoms with van der Waals surface area (Å²) in [4.78, 5) is 11.2. The molecule has 2 rings (SSSR count). The highest BCUT2D eigenvalue weighted by Crippen LogP contribution is 2.22. The molecule has 0 bridgehead atoms. The van der Waals surface area contributed by atoms with E-state index in [1.54, 1.807) is 6.08 Å². The molecule has 110 valence electrons. The molecule has 0 unspecified atom stereocenters. The summed E-state index contributed by atoms with van der Waals surface area (Å²) in [6.45, 7) is 8.04. The lowest BCUT2D eigenvalue weighted by Crippen LogP contribution is -2.11. The molecule has 6 nitrogen and oxygen atoms in total. The van der Waals surface area contributed by atoms with Crippen LogP contribution in [0.1, 0.15) is 27.3 Å². The first-order chi connectivity index (χ1) is 10.0. The fraction of sp³-hybridized carbons (Fsp3) is 0.267. The van der Waals surface area contributed by atoms with Crippen LogP contribution in [0.3, 0.4) is 0 Å². The third-order valence-corrected chi connectivity index (χ3v) is 3.26. The van der Waals surface area contributed by atoms with Gasteiger partial charge in [0, 0.05) is 0 Å². The molecule has 2 aromatic rings. The zero-order chi connectivity index (χ0) is 15.4. The van der Waals surface area contributed by atoms with Crippen molar-refractivity contribution in [2.75, 3.05) is 0 Å². The maximum Gasteiger partial charge on any atom is 0.358 e. The van der Waals surface area contributed by atoms with E-state index in [0.29, 0.717) is 12.2 Å². The summed E-state index contributed by atoms with van der Waals surface area (Å²) < 4.78 is 7.22. The molecule has 0 saturated carbocycles. The Bertz CT molecular complexity index is 677. The maximum atomic E-state index is 11.2. The number of carboxylic acids is 1. The number of ether oxygens (including phenoxy) is 1. The number of aromatic nitrogens is 3. The minimum absolute atomic E-state index is 0.0900. The van der Waals surface area contributed by atoms with Crippen LogP contribution in [0.2, 0.25) is 0 Å². The fourth-order valence-electron chi connectivity index (χ4n) is 1.94. The summed E-state index contributed by atoms with van der Waals surface area (Å²) in [5.41, 5.74) is 2.46. The molecule has 0 fully saturated rings. The molecule has 1 aromatic carbocycles. The number of carboxylic acid groups (broad SMARTS) is 1. The number of aromatic carboxylic acids is 1. The van der Waals surface area contributed by atoms with E-state index < -0.39 is 5.97 Å². The first-order valence-corrected chi connectivity index (χ1v) is 6.50. The summed E-state index contributed by atoms with van der Waals surface area (Å²) >= 11 is 0. The van der Waals surface area contributed by atoms with Gasteiger partial charge in [0.15, 0.2) is 5.69 Å². The second kappa shape index (κ2) is 6.21. The van der Waals surface area contributed by atoms with Crippen molar-refractivity contribution >= 4 is 5.97 Å². The normalized spacial score (nSPS) is 10.4. The third-order valence-electron chi connectivity index (χ3n) is 3.26. The average Bonchev–Trinajstić information content (AvgIpc) is 2.84. The number of hydrogen-bond acceptors (Lipinski definition) is 4. The van der Waals surface area contributed by atoms with Crippen LogP contribution < -0.4 is 4.74 Å². The lowest BCUT2D eigenvalue weighted by molar-refractivity contribution is 0.0687. The largest absolute Gasteiger partial charge is 0.487 e. The van der Waals surface area contributed by atoms with Crippen LogP contribution in [0, 0.1) is 13.8 Å². The van der Waals surface area contributed by atoms with Gasteiger partial charge in [-0.1, -0.05) is 23.4 Å². The molecule has 0 aliphatic heterocycles. The number of carbonyl (C=O) groups is 1. The lowest BCUT2D eigenvalue weighted by Gasteiger charge is -2.11. The van der Waals surface area contributed by atoms with Crippen molar-refractivity contribution in [3.05, 3.63) is 53.4 Å². The molecule has 1 N–H and O–H groups in total. The fourth-order valence-corrected chi connectivity index (χ4v) is 1.94. The predicted molar refractivity (Wildman–Crippen MR) is 77.4 cm³/mol. The molecule has 0 atom stereocenters. The van der Waals surface area contributed by atoms with Gasteiger partial charge < -0.3 is 9.84 Å². The Morgan fingerprint density at radius 2 is 2.24 bits per heavy atom. The summed E-state index contributed by atoms with van der Waals surface area (Å²) in [5.74, 6) is -0.400. The second-order valence-electron chi connectivity index (χ2n) is 4.65. The Hall–Kier alpha value is -2.63. The minimum Gasteiger partial charge on any atom is -0.487 e. The van der Waals surface area contributed by atoms with Gasteiger partial charge >= 0.3 is 5.97 Å². The summed E-state index contributed by atoms with van der Waals surface area (Å²) in [6, 6.07) is 5.74. The standard InChI is InChI=1S/C15H17N3O3/c1-4-8-18-12(14(15(19)20)16-17-18)9-21-13-7-5-6-10(2)11(13)3/h4-7H,1,8-9H2,2-3H3,(H,19,20). The van der Waals surface area contributed by atoms with Crippen molar-refractivity contribution in [1.82, 2.24) is 15.0 Å². The average molecular weight is 287 g/mol. The van der Waals surface area contributed by atoms with Crippen LogP contribution in [0.15, 0.2) is 30.9 Å². The number of benzene rings is 1. The van der Waals surface area contributed by atoms with Crippen LogP contribution in [0.4, 0.5) is 0 Å². The van der Waals surface area contributed by atoms with E-state index in [0.717, 1.165) is 16.9 Å². The van der Waals surface area contributed by atoms with Gasteiger partial charge in [-0.15, -0.1) is 11.7 Å². The number of allylic oxidation sites excluding steroid dienone is 1. The summed E-state index contributed by atoms with van der Waals surface area (Å²) in [5, 5.41) is 16.6. The summed E-state index contributed by atoms with van der Waals surface area (Å²) in [6.07, 6.45) is 1.63. The smallest absolute Gasteiger partial charge is 0.358 e. The number of hydrogen-bond donors (Lipinski definition) is 1. The van der Waals surface area contributed by atoms with Crippen LogP contribution in [0.25, 0.3) is 0 Å². The highest BCUT2D eigenvalue weighted by molar-refractivity contribution is 5.86. The molecule has 0 amide bonds. The SMILES string of the molecule is C=CCn1nnc(C(=O)O)c1COc1cccc(C)c1C. The number of aryl methyl sites for hydroxylation is 1. The maximum absolute atomic E-state index is 11.2. The van der Waals surface area contributed by atoms with Gasteiger partial charge in [-0.2, -0.15) is 0 Å². The number of nitrogens with zero attached hydrogens (tertiary/aromatic N) is 3. The Morgan fingerprint density at radius 1 is 1.48 bits per heavy atom. The molecule has 0 aliphatic rings. The quantitative estimate of drug-likeness (QED) is 0.825. The molecule has 0 radical (unpaired) electrons. The lowest BCUT2D eigenvalue weighted by atomic mass is 10.1. The van der Waals surface area contributed by atoms with Crippen LogP contribution in [-0.2, 0) is 13.2 Å². The van der Waals surface area contributed by atoms with Gasteiger partial charge in [0.1, 0.15) is 18.1 Å². The monoisotopic (exact) mass is 287 g/mol. The Balaban J connectivity index is 2.26. The van der Waals surface area contributed by atoms with E-state index in [4.69, 9.17) is 9.84 Å². The van der Waals surface area contributed by atoms with Gasteiger partial charge in [-0.3, -0.25) is 0 Å². The van der Waals surface area contributed by atoms with Gasteiger partial charge in [-0.25, -0.2) is 9.48 Å². The summed E-state index contributed by atoms with van der Waals surface area (Å²) in [7, 11) is 0. The topological polar surface area (TPSA) is 77.2 Å². The van der Waals surface area contributed by atoms with Gasteiger partial charge in [0.25, 0.3) is 0 Å². The van der Waals surface area contributed by atoms with Crippen molar-refractivity contribution in [3.8, 4) is 5.75 Å². The first-order valence-electron chi connectivity index (χ1n) is 6.50. The Morgan fingerprint density at radius 3 is 2.90 bits per heavy atom. The molecule has 1 aromatic heterocycles. The molecule has 1 heterocycles. The second-order valence-corrected chi connectivity index (χ2v) is 4.65. The molecular formula is C15H17N3O3. The molecule has 21 heavy (non-hydrogen) atoms. The highest BCUT2D eigenvalue weighted by Gasteiger charge is 2.19. The molecular weight excluding hydrogens is 270 g/mol. The zero-order valence-electron chi connectivity index (χ0n) is 12.0. The van der Waals surface area contributed by atoms with Crippen molar-refractivity contribution < 1.29 is 14.6 Å². The molecule has 0 spiro atoms. The van der Waals surface area contributed by atoms with Crippen LogP contribution in [-0.4, -0.2) is 26.1 Å². The van der Waals surface area contributed by atoms with E-state index in [1.165, 1.54) is 4.68 Å². The van der Waals surface area contributed by atoms with Crippen LogP contribution in [0.5, 0.6) is 5.75 Å². The molecule has 0 saturated heterocycles. The van der Waals surface area contributed by atoms with Crippen molar-refractivity contribution in [2.24, 2.45) is 0 Å². The highest BCUT2D eigenvalue weighted by atomic mass is 16.5. The third kappa shape index (κ3) is 3.10. The van der Waals surface area contributed by atoms with E-state index >= 15 is 0 Å². The van der Waals surface area contributed by atoms with E-state index in [9.17, 15) is 4.79 Å². The van der Waals surface area contributed by atoms with Gasteiger partial charge in [0.05, 0.1) is 6.54 Å². The Labute approximate surface area is 122 Å². The van der Waals surface area contributed by atoms with Gasteiger partial charge in [-0.05, 0) is 31.0 Å². The van der Waals surface area contributed by atoms with Crippen molar-refractivity contribution in [2.45, 2.75) is 27.0 Å². The van der Waals surface area contributed by atoms with Crippen LogP contribution >= 0.6 is 0 Å². The minimum atomic E-state index is -1.12. The van der Waals surface area contributed by atoms with E-state index in [1.807, 2.05) is 32.0 Å². The molecule has 0 aliphatic carbocycles. The van der Waals surface area contributed by atoms with E-state index in [2.05, 4.69) is 16.9 Å². The Kier molecular flexibility index (Phi) is 4.37.